The molecule has 6 heteroatoms. The number of nitrogens with one attached hydrogen (secondary N) is 1. The van der Waals surface area contributed by atoms with E-state index in [9.17, 15) is 9.90 Å². The number of rotatable bonds is 6. The van der Waals surface area contributed by atoms with E-state index in [1.165, 1.54) is 6.33 Å². The molecule has 0 aliphatic carbocycles. The van der Waals surface area contributed by atoms with Crippen molar-refractivity contribution >= 4 is 11.8 Å². The van der Waals surface area contributed by atoms with Gasteiger partial charge in [-0.05, 0) is 24.7 Å². The van der Waals surface area contributed by atoms with Crippen molar-refractivity contribution in [1.82, 2.24) is 9.97 Å². The van der Waals surface area contributed by atoms with Crippen molar-refractivity contribution < 1.29 is 14.6 Å². The van der Waals surface area contributed by atoms with Gasteiger partial charge in [0.15, 0.2) is 0 Å². The average molecular weight is 293 g/mol. The van der Waals surface area contributed by atoms with Crippen LogP contribution in [0.5, 0.6) is 0 Å². The maximum absolute atomic E-state index is 11.5. The molecule has 1 aliphatic rings. The van der Waals surface area contributed by atoms with Gasteiger partial charge in [0.05, 0.1) is 5.92 Å². The zero-order valence-corrected chi connectivity index (χ0v) is 12.6. The molecule has 1 unspecified atom stereocenters. The number of carboxylic acid groups (broad SMARTS) is 1. The number of hydrogen-bond donors (Lipinski definition) is 2. The minimum atomic E-state index is -0.757. The highest BCUT2D eigenvalue weighted by atomic mass is 16.5. The van der Waals surface area contributed by atoms with Gasteiger partial charge in [-0.25, -0.2) is 9.97 Å². The molecule has 1 aliphatic heterocycles. The van der Waals surface area contributed by atoms with E-state index in [2.05, 4.69) is 29.1 Å². The molecule has 2 rings (SSSR count). The molecule has 0 amide bonds. The van der Waals surface area contributed by atoms with Gasteiger partial charge >= 0.3 is 5.97 Å². The normalized spacial score (nSPS) is 17.7. The summed E-state index contributed by atoms with van der Waals surface area (Å²) in [4.78, 5) is 19.8. The number of aliphatic carboxylic acids is 1. The Hall–Kier alpha value is -1.69. The summed E-state index contributed by atoms with van der Waals surface area (Å²) < 4.78 is 5.30. The van der Waals surface area contributed by atoms with Crippen LogP contribution in [0.15, 0.2) is 12.4 Å². The minimum absolute atomic E-state index is 0.162. The zero-order valence-electron chi connectivity index (χ0n) is 12.6. The summed E-state index contributed by atoms with van der Waals surface area (Å²) in [5.41, 5.74) is 0.949. The molecule has 21 heavy (non-hydrogen) atoms. The smallest absolute Gasteiger partial charge is 0.308 e. The predicted molar refractivity (Wildman–Crippen MR) is 79.3 cm³/mol. The molecule has 0 spiro atoms. The number of carbonyl (C=O) groups is 1. The molecule has 1 atom stereocenters. The molecule has 0 radical (unpaired) electrons. The van der Waals surface area contributed by atoms with Gasteiger partial charge in [0.1, 0.15) is 12.1 Å². The number of anilines is 1. The first-order valence-corrected chi connectivity index (χ1v) is 7.44. The van der Waals surface area contributed by atoms with E-state index in [0.717, 1.165) is 18.5 Å². The molecular weight excluding hydrogens is 270 g/mol. The van der Waals surface area contributed by atoms with Crippen LogP contribution < -0.4 is 5.32 Å². The Balaban J connectivity index is 1.98. The van der Waals surface area contributed by atoms with Gasteiger partial charge < -0.3 is 15.2 Å². The van der Waals surface area contributed by atoms with Gasteiger partial charge in [0, 0.05) is 31.5 Å². The standard InChI is InChI=1S/C15H23N3O3/c1-10(2)13-7-14(18-9-17-13)16-8-12(15(19)20)11-3-5-21-6-4-11/h7,9-12H,3-6,8H2,1-2H3,(H,19,20)(H,16,17,18). The van der Waals surface area contributed by atoms with Crippen LogP contribution >= 0.6 is 0 Å². The van der Waals surface area contributed by atoms with E-state index in [1.54, 1.807) is 0 Å². The van der Waals surface area contributed by atoms with Crippen LogP contribution in [0, 0.1) is 11.8 Å². The Bertz CT molecular complexity index is 473. The number of ether oxygens (including phenoxy) is 1. The summed E-state index contributed by atoms with van der Waals surface area (Å²) in [5.74, 6) is 0.000356. The number of carboxylic acids is 1. The summed E-state index contributed by atoms with van der Waals surface area (Å²) in [6.45, 7) is 5.82. The second-order valence-electron chi connectivity index (χ2n) is 5.76. The van der Waals surface area contributed by atoms with E-state index in [1.807, 2.05) is 6.07 Å². The molecule has 1 aromatic rings. The molecule has 0 bridgehead atoms. The average Bonchev–Trinajstić information content (AvgIpc) is 2.48. The fourth-order valence-electron chi connectivity index (χ4n) is 2.57. The topological polar surface area (TPSA) is 84.3 Å². The third kappa shape index (κ3) is 4.39. The SMILES string of the molecule is CC(C)c1cc(NCC(C(=O)O)C2CCOCC2)ncn1. The van der Waals surface area contributed by atoms with Crippen molar-refractivity contribution in [3.8, 4) is 0 Å². The van der Waals surface area contributed by atoms with E-state index in [-0.39, 0.29) is 5.92 Å². The largest absolute Gasteiger partial charge is 0.481 e. The van der Waals surface area contributed by atoms with Crippen LogP contribution in [0.2, 0.25) is 0 Å². The van der Waals surface area contributed by atoms with Crippen LogP contribution in [0.4, 0.5) is 5.82 Å². The third-order valence-electron chi connectivity index (χ3n) is 3.94. The summed E-state index contributed by atoms with van der Waals surface area (Å²) in [6, 6.07) is 1.88. The van der Waals surface area contributed by atoms with Crippen molar-refractivity contribution in [3.05, 3.63) is 18.1 Å². The highest BCUT2D eigenvalue weighted by Crippen LogP contribution is 2.24. The van der Waals surface area contributed by atoms with Gasteiger partial charge in [-0.1, -0.05) is 13.8 Å². The lowest BCUT2D eigenvalue weighted by Crippen LogP contribution is -2.34. The molecule has 2 heterocycles. The highest BCUT2D eigenvalue weighted by molar-refractivity contribution is 5.71. The number of nitrogens with zero attached hydrogens (tertiary/aromatic N) is 2. The molecule has 0 aromatic carbocycles. The first-order valence-electron chi connectivity index (χ1n) is 7.44. The van der Waals surface area contributed by atoms with Crippen molar-refractivity contribution in [1.29, 1.82) is 0 Å². The Kier molecular flexibility index (Phi) is 5.50. The van der Waals surface area contributed by atoms with Crippen molar-refractivity contribution in [2.45, 2.75) is 32.6 Å². The van der Waals surface area contributed by atoms with Gasteiger partial charge in [-0.2, -0.15) is 0 Å². The third-order valence-corrected chi connectivity index (χ3v) is 3.94. The van der Waals surface area contributed by atoms with Gasteiger partial charge in [0.25, 0.3) is 0 Å². The summed E-state index contributed by atoms with van der Waals surface area (Å²) in [5, 5.41) is 12.6. The second kappa shape index (κ2) is 7.36. The van der Waals surface area contributed by atoms with Crippen molar-refractivity contribution in [2.75, 3.05) is 25.1 Å². The lowest BCUT2D eigenvalue weighted by atomic mass is 9.86. The van der Waals surface area contributed by atoms with Gasteiger partial charge in [0.2, 0.25) is 0 Å². The Morgan fingerprint density at radius 2 is 2.14 bits per heavy atom. The maximum atomic E-state index is 11.5. The predicted octanol–water partition coefficient (Wildman–Crippen LogP) is 2.14. The lowest BCUT2D eigenvalue weighted by molar-refractivity contribution is -0.144. The van der Waals surface area contributed by atoms with Crippen LogP contribution in [0.1, 0.15) is 38.3 Å². The lowest BCUT2D eigenvalue weighted by Gasteiger charge is -2.27. The molecule has 1 fully saturated rings. The summed E-state index contributed by atoms with van der Waals surface area (Å²) in [7, 11) is 0. The summed E-state index contributed by atoms with van der Waals surface area (Å²) in [6.07, 6.45) is 3.13. The van der Waals surface area contributed by atoms with Crippen molar-refractivity contribution in [2.24, 2.45) is 11.8 Å². The first kappa shape index (κ1) is 15.7. The molecule has 2 N–H and O–H groups in total. The molecule has 1 saturated heterocycles. The fourth-order valence-corrected chi connectivity index (χ4v) is 2.57. The molecular formula is C15H23N3O3. The number of aromatic nitrogens is 2. The van der Waals surface area contributed by atoms with E-state index in [0.29, 0.717) is 31.5 Å². The fraction of sp³-hybridized carbons (Fsp3) is 0.667. The van der Waals surface area contributed by atoms with Crippen molar-refractivity contribution in [3.63, 3.8) is 0 Å². The van der Waals surface area contributed by atoms with Crippen LogP contribution in [-0.2, 0) is 9.53 Å². The Morgan fingerprint density at radius 1 is 1.43 bits per heavy atom. The van der Waals surface area contributed by atoms with E-state index in [4.69, 9.17) is 4.74 Å². The molecule has 6 nitrogen and oxygen atoms in total. The van der Waals surface area contributed by atoms with E-state index < -0.39 is 11.9 Å². The molecule has 1 aromatic heterocycles. The number of hydrogen-bond acceptors (Lipinski definition) is 5. The highest BCUT2D eigenvalue weighted by Gasteiger charge is 2.29. The Morgan fingerprint density at radius 3 is 2.76 bits per heavy atom. The first-order chi connectivity index (χ1) is 10.1. The van der Waals surface area contributed by atoms with Crippen LogP contribution in [0.3, 0.4) is 0 Å². The van der Waals surface area contributed by atoms with Crippen LogP contribution in [-0.4, -0.2) is 40.8 Å². The zero-order chi connectivity index (χ0) is 15.2. The van der Waals surface area contributed by atoms with Gasteiger partial charge in [-0.3, -0.25) is 4.79 Å². The quantitative estimate of drug-likeness (QED) is 0.836. The second-order valence-corrected chi connectivity index (χ2v) is 5.76. The maximum Gasteiger partial charge on any atom is 0.308 e. The van der Waals surface area contributed by atoms with Gasteiger partial charge in [-0.15, -0.1) is 0 Å². The molecule has 116 valence electrons. The Labute approximate surface area is 124 Å². The minimum Gasteiger partial charge on any atom is -0.481 e. The van der Waals surface area contributed by atoms with E-state index >= 15 is 0 Å². The molecule has 0 saturated carbocycles. The summed E-state index contributed by atoms with van der Waals surface area (Å²) >= 11 is 0. The monoisotopic (exact) mass is 293 g/mol. The van der Waals surface area contributed by atoms with Crippen LogP contribution in [0.25, 0.3) is 0 Å².